The average molecular weight is 553 g/mol. The van der Waals surface area contributed by atoms with Crippen molar-refractivity contribution in [1.29, 1.82) is 0 Å². The Labute approximate surface area is 229 Å². The van der Waals surface area contributed by atoms with E-state index in [-0.39, 0.29) is 26.4 Å². The number of halogens is 1. The van der Waals surface area contributed by atoms with Gasteiger partial charge in [0.25, 0.3) is 0 Å². The first-order chi connectivity index (χ1) is 18.6. The Bertz CT molecular complexity index is 1470. The summed E-state index contributed by atoms with van der Waals surface area (Å²) < 4.78 is 31.5. The van der Waals surface area contributed by atoms with Crippen LogP contribution in [0.4, 0.5) is 9.18 Å². The summed E-state index contributed by atoms with van der Waals surface area (Å²) >= 11 is 1.49. The van der Waals surface area contributed by atoms with Crippen molar-refractivity contribution >= 4 is 33.4 Å². The van der Waals surface area contributed by atoms with Crippen molar-refractivity contribution in [3.8, 4) is 28.3 Å². The second kappa shape index (κ2) is 12.2. The van der Waals surface area contributed by atoms with Gasteiger partial charge in [0.1, 0.15) is 35.2 Å². The number of carbonyl (C=O) groups is 2. The lowest BCUT2D eigenvalue weighted by atomic mass is 10.0. The largest absolute Gasteiger partial charge is 0.490 e. The van der Waals surface area contributed by atoms with E-state index in [9.17, 15) is 14.0 Å². The van der Waals surface area contributed by atoms with Crippen LogP contribution in [0.25, 0.3) is 32.6 Å². The van der Waals surface area contributed by atoms with E-state index in [0.29, 0.717) is 28.3 Å². The van der Waals surface area contributed by atoms with Gasteiger partial charge in [0.05, 0.1) is 17.9 Å². The zero-order chi connectivity index (χ0) is 28.0. The van der Waals surface area contributed by atoms with Gasteiger partial charge in [-0.25, -0.2) is 9.18 Å². The normalized spacial score (nSPS) is 11.4. The van der Waals surface area contributed by atoms with Gasteiger partial charge in [0, 0.05) is 34.7 Å². The maximum atomic E-state index is 14.1. The second-order valence-corrected chi connectivity index (χ2v) is 10.4. The molecule has 0 saturated carbocycles. The summed E-state index contributed by atoms with van der Waals surface area (Å²) in [5.41, 5.74) is 7.79. The lowest BCUT2D eigenvalue weighted by Crippen LogP contribution is -2.34. The first-order valence-corrected chi connectivity index (χ1v) is 13.1. The zero-order valence-corrected chi connectivity index (χ0v) is 22.6. The third-order valence-electron chi connectivity index (χ3n) is 5.43. The molecule has 2 aromatic carbocycles. The zero-order valence-electron chi connectivity index (χ0n) is 21.8. The van der Waals surface area contributed by atoms with Crippen LogP contribution in [0.3, 0.4) is 0 Å². The number of aromatic nitrogens is 2. The van der Waals surface area contributed by atoms with Crippen LogP contribution in [0.1, 0.15) is 31.1 Å². The number of nitrogens with two attached hydrogens (primary N) is 1. The molecular weight excluding hydrogens is 523 g/mol. The monoisotopic (exact) mass is 552 g/mol. The molecule has 9 nitrogen and oxygen atoms in total. The fourth-order valence-electron chi connectivity index (χ4n) is 3.72. The van der Waals surface area contributed by atoms with Gasteiger partial charge < -0.3 is 25.3 Å². The molecule has 4 rings (SSSR count). The first-order valence-electron chi connectivity index (χ1n) is 12.2. The fourth-order valence-corrected chi connectivity index (χ4v) is 4.62. The van der Waals surface area contributed by atoms with Crippen LogP contribution in [0.15, 0.2) is 53.9 Å². The third-order valence-corrected chi connectivity index (χ3v) is 6.35. The highest BCUT2D eigenvalue weighted by Gasteiger charge is 2.18. The lowest BCUT2D eigenvalue weighted by molar-refractivity contribution is 0.0488. The minimum atomic E-state index is -0.571. The highest BCUT2D eigenvalue weighted by molar-refractivity contribution is 7.17. The number of rotatable bonds is 10. The molecule has 0 fully saturated rings. The van der Waals surface area contributed by atoms with Crippen LogP contribution in [0.5, 0.6) is 5.75 Å². The minimum Gasteiger partial charge on any atom is -0.490 e. The topological polar surface area (TPSA) is 126 Å². The second-order valence-electron chi connectivity index (χ2n) is 9.53. The van der Waals surface area contributed by atoms with Crippen molar-refractivity contribution in [3.63, 3.8) is 0 Å². The number of hydrogen-bond donors (Lipinski definition) is 2. The Hall–Kier alpha value is -4.09. The Morgan fingerprint density at radius 2 is 1.74 bits per heavy atom. The van der Waals surface area contributed by atoms with Crippen molar-refractivity contribution in [2.75, 3.05) is 26.4 Å². The van der Waals surface area contributed by atoms with E-state index in [1.807, 2.05) is 11.4 Å². The summed E-state index contributed by atoms with van der Waals surface area (Å²) in [4.78, 5) is 23.1. The molecule has 0 atom stereocenters. The van der Waals surface area contributed by atoms with Crippen molar-refractivity contribution in [2.45, 2.75) is 26.4 Å². The summed E-state index contributed by atoms with van der Waals surface area (Å²) in [5.74, 6) is -0.638. The molecule has 0 unspecified atom stereocenters. The molecule has 0 aliphatic carbocycles. The molecule has 11 heteroatoms. The number of fused-ring (bicyclic) bond motifs is 1. The van der Waals surface area contributed by atoms with Crippen LogP contribution < -0.4 is 15.8 Å². The van der Waals surface area contributed by atoms with Crippen LogP contribution in [0.2, 0.25) is 0 Å². The number of alkyl carbamates (subject to hydrolysis) is 1. The van der Waals surface area contributed by atoms with Crippen LogP contribution >= 0.6 is 11.3 Å². The third kappa shape index (κ3) is 7.27. The van der Waals surface area contributed by atoms with Crippen molar-refractivity contribution in [2.24, 2.45) is 5.73 Å². The summed E-state index contributed by atoms with van der Waals surface area (Å²) in [7, 11) is 0. The van der Waals surface area contributed by atoms with Crippen LogP contribution in [0, 0.1) is 5.82 Å². The van der Waals surface area contributed by atoms with Gasteiger partial charge in [-0.1, -0.05) is 12.1 Å². The molecular formula is C28H29FN4O5S. The number of amides is 2. The smallest absolute Gasteiger partial charge is 0.407 e. The Balaban J connectivity index is 1.44. The van der Waals surface area contributed by atoms with Gasteiger partial charge >= 0.3 is 6.09 Å². The standard InChI is InChI=1S/C28H29FN4O5S/c1-28(2,3)38-27(35)31-11-12-36-13-14-37-22-16-19(29)8-9-20(22)24-25-21(10-15-39-25)23(32-33-24)17-4-6-18(7-5-17)26(30)34/h4-10,15-16H,11-14H2,1-3H3,(H2,30,34)(H,31,35). The van der Waals surface area contributed by atoms with Gasteiger partial charge in [-0.05, 0) is 56.5 Å². The number of benzene rings is 2. The van der Waals surface area contributed by atoms with Gasteiger partial charge in [-0.2, -0.15) is 0 Å². The number of ether oxygens (including phenoxy) is 3. The first kappa shape index (κ1) is 27.9. The number of nitrogens with zero attached hydrogens (tertiary/aromatic N) is 2. The summed E-state index contributed by atoms with van der Waals surface area (Å²) in [6, 6.07) is 13.0. The number of primary amides is 1. The maximum Gasteiger partial charge on any atom is 0.407 e. The molecule has 0 radical (unpaired) electrons. The van der Waals surface area contributed by atoms with E-state index in [2.05, 4.69) is 15.5 Å². The molecule has 4 aromatic rings. The van der Waals surface area contributed by atoms with Crippen LogP contribution in [-0.2, 0) is 9.47 Å². The molecule has 2 amide bonds. The highest BCUT2D eigenvalue weighted by atomic mass is 32.1. The van der Waals surface area contributed by atoms with Crippen molar-refractivity contribution in [3.05, 3.63) is 65.3 Å². The molecule has 2 aromatic heterocycles. The van der Waals surface area contributed by atoms with Crippen molar-refractivity contribution in [1.82, 2.24) is 15.5 Å². The van der Waals surface area contributed by atoms with Gasteiger partial charge in [0.15, 0.2) is 0 Å². The van der Waals surface area contributed by atoms with Gasteiger partial charge in [0.2, 0.25) is 5.91 Å². The molecule has 3 N–H and O–H groups in total. The SMILES string of the molecule is CC(C)(C)OC(=O)NCCOCCOc1cc(F)ccc1-c1nnc(-c2ccc(C(N)=O)cc2)c2ccsc12. The van der Waals surface area contributed by atoms with E-state index in [0.717, 1.165) is 15.6 Å². The predicted molar refractivity (Wildman–Crippen MR) is 147 cm³/mol. The quantitative estimate of drug-likeness (QED) is 0.260. The molecule has 39 heavy (non-hydrogen) atoms. The van der Waals surface area contributed by atoms with E-state index in [1.165, 1.54) is 23.5 Å². The summed E-state index contributed by atoms with van der Waals surface area (Å²) in [6.07, 6.45) is -0.513. The number of hydrogen-bond acceptors (Lipinski definition) is 8. The average Bonchev–Trinajstić information content (AvgIpc) is 3.37. The minimum absolute atomic E-state index is 0.161. The summed E-state index contributed by atoms with van der Waals surface area (Å²) in [6.45, 7) is 6.30. The number of nitrogens with one attached hydrogen (secondary N) is 1. The molecule has 204 valence electrons. The Morgan fingerprint density at radius 3 is 2.46 bits per heavy atom. The number of thiophene rings is 1. The Kier molecular flexibility index (Phi) is 8.72. The number of carbonyl (C=O) groups excluding carboxylic acids is 2. The molecule has 0 aliphatic heterocycles. The summed E-state index contributed by atoms with van der Waals surface area (Å²) in [5, 5.41) is 14.3. The van der Waals surface area contributed by atoms with E-state index < -0.39 is 23.4 Å². The van der Waals surface area contributed by atoms with E-state index in [1.54, 1.807) is 51.1 Å². The molecule has 0 bridgehead atoms. The lowest BCUT2D eigenvalue weighted by Gasteiger charge is -2.19. The molecule has 0 saturated heterocycles. The maximum absolute atomic E-state index is 14.1. The molecule has 0 aliphatic rings. The van der Waals surface area contributed by atoms with E-state index >= 15 is 0 Å². The van der Waals surface area contributed by atoms with Gasteiger partial charge in [-0.15, -0.1) is 21.5 Å². The fraction of sp³-hybridized carbons (Fsp3) is 0.286. The molecule has 0 spiro atoms. The van der Waals surface area contributed by atoms with Crippen LogP contribution in [-0.4, -0.2) is 54.2 Å². The van der Waals surface area contributed by atoms with Gasteiger partial charge in [-0.3, -0.25) is 4.79 Å². The highest BCUT2D eigenvalue weighted by Crippen LogP contribution is 2.39. The van der Waals surface area contributed by atoms with E-state index in [4.69, 9.17) is 19.9 Å². The Morgan fingerprint density at radius 1 is 1.00 bits per heavy atom. The molecule has 2 heterocycles. The van der Waals surface area contributed by atoms with Crippen molar-refractivity contribution < 1.29 is 28.2 Å². The predicted octanol–water partition coefficient (Wildman–Crippen LogP) is 5.18.